The highest BCUT2D eigenvalue weighted by Gasteiger charge is 2.24. The summed E-state index contributed by atoms with van der Waals surface area (Å²) in [5.74, 6) is 0.586. The zero-order valence-corrected chi connectivity index (χ0v) is 5.76. The minimum Gasteiger partial charge on any atom is -0.328 e. The molecule has 0 heterocycles. The summed E-state index contributed by atoms with van der Waals surface area (Å²) in [7, 11) is 0. The number of carbonyl (C=O) groups is 1. The van der Waals surface area contributed by atoms with Gasteiger partial charge in [-0.25, -0.2) is 0 Å². The predicted molar refractivity (Wildman–Crippen MR) is 36.0 cm³/mol. The fraction of sp³-hybridized carbons (Fsp3) is 0.857. The van der Waals surface area contributed by atoms with Crippen LogP contribution in [0.1, 0.15) is 26.2 Å². The van der Waals surface area contributed by atoms with E-state index in [0.29, 0.717) is 11.8 Å². The zero-order valence-electron chi connectivity index (χ0n) is 5.76. The molecule has 0 bridgehead atoms. The van der Waals surface area contributed by atoms with Crippen LogP contribution >= 0.6 is 0 Å². The molecular formula is C7H13NO. The van der Waals surface area contributed by atoms with Crippen molar-refractivity contribution in [1.82, 2.24) is 0 Å². The molecule has 0 aromatic rings. The van der Waals surface area contributed by atoms with Gasteiger partial charge < -0.3 is 5.73 Å². The van der Waals surface area contributed by atoms with E-state index in [-0.39, 0.29) is 5.92 Å². The molecule has 0 saturated heterocycles. The van der Waals surface area contributed by atoms with E-state index in [1.54, 1.807) is 6.92 Å². The Hall–Kier alpha value is -0.370. The van der Waals surface area contributed by atoms with Gasteiger partial charge in [-0.15, -0.1) is 0 Å². The monoisotopic (exact) mass is 127 g/mol. The maximum absolute atomic E-state index is 10.7. The van der Waals surface area contributed by atoms with Crippen molar-refractivity contribution < 1.29 is 4.79 Å². The molecule has 52 valence electrons. The molecule has 0 spiro atoms. The summed E-state index contributed by atoms with van der Waals surface area (Å²) in [4.78, 5) is 10.7. The second-order valence-corrected chi connectivity index (χ2v) is 2.88. The molecule has 0 aromatic carbocycles. The molecule has 1 fully saturated rings. The summed E-state index contributed by atoms with van der Waals surface area (Å²) in [6.45, 7) is 1.66. The fourth-order valence-corrected chi connectivity index (χ4v) is 1.39. The minimum atomic E-state index is 0.278. The SMILES string of the molecule is CC(=O)[C@H]1CC[C@H](N)C1. The van der Waals surface area contributed by atoms with E-state index in [0.717, 1.165) is 19.3 Å². The Kier molecular flexibility index (Phi) is 1.86. The van der Waals surface area contributed by atoms with E-state index < -0.39 is 0 Å². The maximum Gasteiger partial charge on any atom is 0.132 e. The Morgan fingerprint density at radius 1 is 1.56 bits per heavy atom. The number of nitrogens with two attached hydrogens (primary N) is 1. The molecule has 1 saturated carbocycles. The minimum absolute atomic E-state index is 0.278. The van der Waals surface area contributed by atoms with Crippen molar-refractivity contribution >= 4 is 5.78 Å². The Bertz CT molecular complexity index is 122. The number of Topliss-reactive ketones (excluding diaryl/α,β-unsaturated/α-hetero) is 1. The van der Waals surface area contributed by atoms with Crippen LogP contribution in [0.4, 0.5) is 0 Å². The number of hydrogen-bond donors (Lipinski definition) is 1. The number of ketones is 1. The first-order valence-electron chi connectivity index (χ1n) is 3.46. The Morgan fingerprint density at radius 2 is 2.22 bits per heavy atom. The van der Waals surface area contributed by atoms with Crippen LogP contribution in [0.2, 0.25) is 0 Å². The van der Waals surface area contributed by atoms with Gasteiger partial charge in [0.1, 0.15) is 5.78 Å². The third-order valence-electron chi connectivity index (χ3n) is 2.05. The second kappa shape index (κ2) is 2.48. The molecule has 0 radical (unpaired) electrons. The van der Waals surface area contributed by atoms with Gasteiger partial charge in [0.05, 0.1) is 0 Å². The first kappa shape index (κ1) is 6.75. The molecule has 2 nitrogen and oxygen atoms in total. The van der Waals surface area contributed by atoms with E-state index >= 15 is 0 Å². The second-order valence-electron chi connectivity index (χ2n) is 2.88. The molecule has 1 aliphatic carbocycles. The highest BCUT2D eigenvalue weighted by Crippen LogP contribution is 2.24. The van der Waals surface area contributed by atoms with Crippen molar-refractivity contribution in [1.29, 1.82) is 0 Å². The van der Waals surface area contributed by atoms with Gasteiger partial charge in [-0.3, -0.25) is 4.79 Å². The summed E-state index contributed by atoms with van der Waals surface area (Å²) in [6, 6.07) is 0.291. The van der Waals surface area contributed by atoms with Crippen molar-refractivity contribution in [3.63, 3.8) is 0 Å². The lowest BCUT2D eigenvalue weighted by Crippen LogP contribution is -2.16. The first-order chi connectivity index (χ1) is 4.20. The smallest absolute Gasteiger partial charge is 0.132 e. The van der Waals surface area contributed by atoms with Gasteiger partial charge in [0.15, 0.2) is 0 Å². The van der Waals surface area contributed by atoms with E-state index in [9.17, 15) is 4.79 Å². The van der Waals surface area contributed by atoms with Crippen LogP contribution in [-0.2, 0) is 4.79 Å². The Morgan fingerprint density at radius 3 is 2.44 bits per heavy atom. The molecule has 2 atom stereocenters. The molecule has 0 aromatic heterocycles. The third-order valence-corrected chi connectivity index (χ3v) is 2.05. The molecule has 0 aliphatic heterocycles. The summed E-state index contributed by atoms with van der Waals surface area (Å²) in [5.41, 5.74) is 5.61. The molecule has 2 N–H and O–H groups in total. The topological polar surface area (TPSA) is 43.1 Å². The zero-order chi connectivity index (χ0) is 6.85. The molecule has 0 unspecified atom stereocenters. The summed E-state index contributed by atoms with van der Waals surface area (Å²) < 4.78 is 0. The van der Waals surface area contributed by atoms with Gasteiger partial charge in [-0.05, 0) is 26.2 Å². The van der Waals surface area contributed by atoms with Crippen molar-refractivity contribution in [3.05, 3.63) is 0 Å². The predicted octanol–water partition coefficient (Wildman–Crippen LogP) is 0.703. The van der Waals surface area contributed by atoms with E-state index in [4.69, 9.17) is 5.73 Å². The van der Waals surface area contributed by atoms with Gasteiger partial charge in [-0.1, -0.05) is 0 Å². The van der Waals surface area contributed by atoms with E-state index in [2.05, 4.69) is 0 Å². The molecule has 1 aliphatic rings. The largest absolute Gasteiger partial charge is 0.328 e. The summed E-state index contributed by atoms with van der Waals surface area (Å²) in [5, 5.41) is 0. The van der Waals surface area contributed by atoms with E-state index in [1.165, 1.54) is 0 Å². The molecule has 9 heavy (non-hydrogen) atoms. The van der Waals surface area contributed by atoms with Crippen molar-refractivity contribution in [2.75, 3.05) is 0 Å². The lowest BCUT2D eigenvalue weighted by atomic mass is 10.0. The first-order valence-corrected chi connectivity index (χ1v) is 3.46. The molecule has 0 amide bonds. The van der Waals surface area contributed by atoms with Crippen LogP contribution in [0.5, 0.6) is 0 Å². The fourth-order valence-electron chi connectivity index (χ4n) is 1.39. The normalized spacial score (nSPS) is 34.9. The van der Waals surface area contributed by atoms with E-state index in [1.807, 2.05) is 0 Å². The van der Waals surface area contributed by atoms with Crippen molar-refractivity contribution in [2.24, 2.45) is 11.7 Å². The van der Waals surface area contributed by atoms with Crippen molar-refractivity contribution in [2.45, 2.75) is 32.2 Å². The average Bonchev–Trinajstić information content (AvgIpc) is 2.14. The van der Waals surface area contributed by atoms with Gasteiger partial charge >= 0.3 is 0 Å². The molecule has 1 rings (SSSR count). The summed E-state index contributed by atoms with van der Waals surface area (Å²) >= 11 is 0. The van der Waals surface area contributed by atoms with Crippen LogP contribution in [0.15, 0.2) is 0 Å². The Balaban J connectivity index is 2.39. The van der Waals surface area contributed by atoms with Crippen LogP contribution < -0.4 is 5.73 Å². The highest BCUT2D eigenvalue weighted by atomic mass is 16.1. The quantitative estimate of drug-likeness (QED) is 0.563. The van der Waals surface area contributed by atoms with Gasteiger partial charge in [0, 0.05) is 12.0 Å². The van der Waals surface area contributed by atoms with Gasteiger partial charge in [0.25, 0.3) is 0 Å². The third kappa shape index (κ3) is 1.52. The van der Waals surface area contributed by atoms with Crippen molar-refractivity contribution in [3.8, 4) is 0 Å². The lowest BCUT2D eigenvalue weighted by Gasteiger charge is -2.01. The van der Waals surface area contributed by atoms with Crippen LogP contribution in [0, 0.1) is 5.92 Å². The standard InChI is InChI=1S/C7H13NO/c1-5(9)6-2-3-7(8)4-6/h6-7H,2-4,8H2,1H3/t6-,7-/m0/s1. The van der Waals surface area contributed by atoms with Gasteiger partial charge in [0.2, 0.25) is 0 Å². The van der Waals surface area contributed by atoms with Crippen LogP contribution in [0.3, 0.4) is 0 Å². The Labute approximate surface area is 55.4 Å². The lowest BCUT2D eigenvalue weighted by molar-refractivity contribution is -0.120. The number of carbonyl (C=O) groups excluding carboxylic acids is 1. The number of hydrogen-bond acceptors (Lipinski definition) is 2. The van der Waals surface area contributed by atoms with Crippen LogP contribution in [0.25, 0.3) is 0 Å². The average molecular weight is 127 g/mol. The number of rotatable bonds is 1. The van der Waals surface area contributed by atoms with Gasteiger partial charge in [-0.2, -0.15) is 0 Å². The van der Waals surface area contributed by atoms with Crippen LogP contribution in [-0.4, -0.2) is 11.8 Å². The summed E-state index contributed by atoms with van der Waals surface area (Å²) in [6.07, 6.45) is 2.95. The molecule has 2 heteroatoms. The molecular weight excluding hydrogens is 114 g/mol. The maximum atomic E-state index is 10.7. The highest BCUT2D eigenvalue weighted by molar-refractivity contribution is 5.78.